The van der Waals surface area contributed by atoms with Crippen molar-refractivity contribution in [1.29, 1.82) is 0 Å². The highest BCUT2D eigenvalue weighted by atomic mass is 16.1. The molecular formula is C18H32N2O. The van der Waals surface area contributed by atoms with Gasteiger partial charge >= 0.3 is 0 Å². The molecule has 1 aliphatic heterocycles. The minimum absolute atomic E-state index is 0.261. The lowest BCUT2D eigenvalue weighted by atomic mass is 9.57. The zero-order valence-corrected chi connectivity index (χ0v) is 13.8. The van der Waals surface area contributed by atoms with Gasteiger partial charge in [0.2, 0.25) is 5.91 Å². The Bertz CT molecular complexity index is 356. The minimum Gasteiger partial charge on any atom is -0.355 e. The molecule has 0 aromatic carbocycles. The molecule has 3 unspecified atom stereocenters. The zero-order chi connectivity index (χ0) is 14.9. The SMILES string of the molecule is CC1CC2CC(C)CC(CNC(=O)CC3CCCN3)(C1)C2. The second-order valence-corrected chi connectivity index (χ2v) is 8.43. The molecule has 3 rings (SSSR count). The number of carbonyl (C=O) groups excluding carboxylic acids is 1. The first-order chi connectivity index (χ1) is 10.0. The van der Waals surface area contributed by atoms with Gasteiger partial charge in [0.05, 0.1) is 0 Å². The van der Waals surface area contributed by atoms with Gasteiger partial charge in [-0.1, -0.05) is 13.8 Å². The van der Waals surface area contributed by atoms with Crippen LogP contribution in [0.5, 0.6) is 0 Å². The fourth-order valence-electron chi connectivity index (χ4n) is 5.64. The molecule has 1 saturated heterocycles. The molecule has 3 nitrogen and oxygen atoms in total. The smallest absolute Gasteiger partial charge is 0.221 e. The molecule has 0 radical (unpaired) electrons. The van der Waals surface area contributed by atoms with Gasteiger partial charge in [0, 0.05) is 19.0 Å². The molecule has 3 atom stereocenters. The molecule has 120 valence electrons. The third-order valence-electron chi connectivity index (χ3n) is 6.01. The molecule has 2 saturated carbocycles. The summed E-state index contributed by atoms with van der Waals surface area (Å²) in [5.74, 6) is 2.84. The predicted octanol–water partition coefficient (Wildman–Crippen LogP) is 3.10. The average Bonchev–Trinajstić information content (AvgIpc) is 2.87. The zero-order valence-electron chi connectivity index (χ0n) is 13.8. The van der Waals surface area contributed by atoms with Gasteiger partial charge in [-0.3, -0.25) is 4.79 Å². The molecule has 0 aromatic heterocycles. The van der Waals surface area contributed by atoms with Crippen molar-refractivity contribution >= 4 is 5.91 Å². The van der Waals surface area contributed by atoms with E-state index < -0.39 is 0 Å². The largest absolute Gasteiger partial charge is 0.355 e. The first-order valence-electron chi connectivity index (χ1n) is 9.05. The summed E-state index contributed by atoms with van der Waals surface area (Å²) in [7, 11) is 0. The van der Waals surface area contributed by atoms with Gasteiger partial charge in [0.15, 0.2) is 0 Å². The van der Waals surface area contributed by atoms with Crippen molar-refractivity contribution in [1.82, 2.24) is 10.6 Å². The van der Waals surface area contributed by atoms with E-state index in [9.17, 15) is 4.79 Å². The normalized spacial score (nSPS) is 42.8. The van der Waals surface area contributed by atoms with Crippen LogP contribution in [0.2, 0.25) is 0 Å². The molecule has 2 N–H and O–H groups in total. The number of hydrogen-bond acceptors (Lipinski definition) is 2. The van der Waals surface area contributed by atoms with Crippen LogP contribution in [0.25, 0.3) is 0 Å². The van der Waals surface area contributed by atoms with Gasteiger partial charge in [-0.25, -0.2) is 0 Å². The number of rotatable bonds is 4. The molecule has 1 heterocycles. The predicted molar refractivity (Wildman–Crippen MR) is 86.0 cm³/mol. The van der Waals surface area contributed by atoms with E-state index in [0.717, 1.165) is 37.3 Å². The summed E-state index contributed by atoms with van der Waals surface area (Å²) in [5, 5.41) is 6.71. The molecule has 0 aromatic rings. The van der Waals surface area contributed by atoms with Crippen LogP contribution >= 0.6 is 0 Å². The van der Waals surface area contributed by atoms with Crippen molar-refractivity contribution in [3.8, 4) is 0 Å². The fourth-order valence-corrected chi connectivity index (χ4v) is 5.64. The van der Waals surface area contributed by atoms with Crippen LogP contribution in [0.15, 0.2) is 0 Å². The second kappa shape index (κ2) is 6.28. The van der Waals surface area contributed by atoms with Gasteiger partial charge in [-0.15, -0.1) is 0 Å². The van der Waals surface area contributed by atoms with E-state index in [-0.39, 0.29) is 5.91 Å². The molecule has 3 aliphatic rings. The second-order valence-electron chi connectivity index (χ2n) is 8.43. The summed E-state index contributed by atoms with van der Waals surface area (Å²) < 4.78 is 0. The topological polar surface area (TPSA) is 41.1 Å². The maximum Gasteiger partial charge on any atom is 0.221 e. The fraction of sp³-hybridized carbons (Fsp3) is 0.944. The van der Waals surface area contributed by atoms with Crippen LogP contribution in [0.1, 0.15) is 65.2 Å². The van der Waals surface area contributed by atoms with E-state index in [0.29, 0.717) is 17.9 Å². The van der Waals surface area contributed by atoms with Crippen molar-refractivity contribution in [2.45, 2.75) is 71.3 Å². The van der Waals surface area contributed by atoms with Gasteiger partial charge in [-0.05, 0) is 74.7 Å². The summed E-state index contributed by atoms with van der Waals surface area (Å²) in [4.78, 5) is 12.2. The standard InChI is InChI=1S/C18H32N2O/c1-13-6-15-7-14(2)10-18(9-13,11-15)12-20-17(21)8-16-4-3-5-19-16/h13-16,19H,3-12H2,1-2H3,(H,20,21). The number of nitrogens with one attached hydrogen (secondary N) is 2. The number of hydrogen-bond donors (Lipinski definition) is 2. The summed E-state index contributed by atoms with van der Waals surface area (Å²) in [6.07, 6.45) is 9.85. The lowest BCUT2D eigenvalue weighted by Crippen LogP contribution is -2.47. The molecular weight excluding hydrogens is 260 g/mol. The molecule has 21 heavy (non-hydrogen) atoms. The van der Waals surface area contributed by atoms with Crippen molar-refractivity contribution < 1.29 is 4.79 Å². The van der Waals surface area contributed by atoms with E-state index in [1.807, 2.05) is 0 Å². The Kier molecular flexibility index (Phi) is 4.58. The third-order valence-corrected chi connectivity index (χ3v) is 6.01. The molecule has 3 heteroatoms. The Morgan fingerprint density at radius 3 is 2.52 bits per heavy atom. The lowest BCUT2D eigenvalue weighted by Gasteiger charge is -2.50. The lowest BCUT2D eigenvalue weighted by molar-refractivity contribution is -0.122. The van der Waals surface area contributed by atoms with Crippen LogP contribution < -0.4 is 10.6 Å². The number of fused-ring (bicyclic) bond motifs is 2. The third kappa shape index (κ3) is 3.80. The van der Waals surface area contributed by atoms with E-state index in [4.69, 9.17) is 0 Å². The number of amides is 1. The highest BCUT2D eigenvalue weighted by Crippen LogP contribution is 2.52. The first-order valence-corrected chi connectivity index (χ1v) is 9.05. The minimum atomic E-state index is 0.261. The van der Waals surface area contributed by atoms with Gasteiger partial charge < -0.3 is 10.6 Å². The van der Waals surface area contributed by atoms with E-state index in [1.54, 1.807) is 0 Å². The molecule has 2 aliphatic carbocycles. The summed E-state index contributed by atoms with van der Waals surface area (Å²) in [6.45, 7) is 6.81. The van der Waals surface area contributed by atoms with Crippen LogP contribution in [-0.4, -0.2) is 25.0 Å². The summed E-state index contributed by atoms with van der Waals surface area (Å²) in [6, 6.07) is 0.422. The van der Waals surface area contributed by atoms with Crippen LogP contribution in [0.4, 0.5) is 0 Å². The van der Waals surface area contributed by atoms with Crippen molar-refractivity contribution in [2.75, 3.05) is 13.1 Å². The maximum absolute atomic E-state index is 12.2. The van der Waals surface area contributed by atoms with Gasteiger partial charge in [-0.2, -0.15) is 0 Å². The van der Waals surface area contributed by atoms with E-state index >= 15 is 0 Å². The van der Waals surface area contributed by atoms with Crippen molar-refractivity contribution in [3.05, 3.63) is 0 Å². The van der Waals surface area contributed by atoms with E-state index in [2.05, 4.69) is 24.5 Å². The van der Waals surface area contributed by atoms with Gasteiger partial charge in [0.1, 0.15) is 0 Å². The molecule has 2 bridgehead atoms. The highest BCUT2D eigenvalue weighted by Gasteiger charge is 2.44. The Hall–Kier alpha value is -0.570. The average molecular weight is 292 g/mol. The quantitative estimate of drug-likeness (QED) is 0.836. The Morgan fingerprint density at radius 1 is 1.19 bits per heavy atom. The Labute approximate surface area is 129 Å². The summed E-state index contributed by atoms with van der Waals surface area (Å²) >= 11 is 0. The Balaban J connectivity index is 1.53. The van der Waals surface area contributed by atoms with Crippen LogP contribution in [0, 0.1) is 23.2 Å². The molecule has 1 amide bonds. The van der Waals surface area contributed by atoms with Crippen molar-refractivity contribution in [2.24, 2.45) is 23.2 Å². The van der Waals surface area contributed by atoms with Crippen LogP contribution in [0.3, 0.4) is 0 Å². The van der Waals surface area contributed by atoms with Crippen molar-refractivity contribution in [3.63, 3.8) is 0 Å². The first kappa shape index (κ1) is 15.3. The van der Waals surface area contributed by atoms with Crippen LogP contribution in [-0.2, 0) is 4.79 Å². The van der Waals surface area contributed by atoms with Gasteiger partial charge in [0.25, 0.3) is 0 Å². The maximum atomic E-state index is 12.2. The monoisotopic (exact) mass is 292 g/mol. The molecule has 3 fully saturated rings. The highest BCUT2D eigenvalue weighted by molar-refractivity contribution is 5.76. The molecule has 0 spiro atoms. The number of carbonyl (C=O) groups is 1. The Morgan fingerprint density at radius 2 is 1.90 bits per heavy atom. The van der Waals surface area contributed by atoms with E-state index in [1.165, 1.54) is 38.5 Å². The summed E-state index contributed by atoms with van der Waals surface area (Å²) in [5.41, 5.74) is 0.402.